The average molecular weight is 278 g/mol. The van der Waals surface area contributed by atoms with Crippen molar-refractivity contribution in [3.8, 4) is 11.5 Å². The number of nitrogens with two attached hydrogens (primary N) is 1. The Labute approximate surface area is 119 Å². The molecule has 0 aliphatic carbocycles. The first-order valence-corrected chi connectivity index (χ1v) is 6.87. The minimum Gasteiger partial charge on any atom is -0.493 e. The van der Waals surface area contributed by atoms with E-state index in [2.05, 4.69) is 4.90 Å². The maximum atomic E-state index is 11.2. The zero-order valence-corrected chi connectivity index (χ0v) is 12.1. The molecule has 0 unspecified atom stereocenters. The Kier molecular flexibility index (Phi) is 4.84. The Morgan fingerprint density at radius 2 is 2.00 bits per heavy atom. The van der Waals surface area contributed by atoms with E-state index in [0.29, 0.717) is 0 Å². The van der Waals surface area contributed by atoms with Gasteiger partial charge in [0.1, 0.15) is 0 Å². The Balaban J connectivity index is 2.03. The lowest BCUT2D eigenvalue weighted by Crippen LogP contribution is -2.38. The van der Waals surface area contributed by atoms with Crippen molar-refractivity contribution in [2.45, 2.75) is 19.4 Å². The van der Waals surface area contributed by atoms with Gasteiger partial charge in [0, 0.05) is 18.0 Å². The van der Waals surface area contributed by atoms with E-state index in [1.807, 2.05) is 18.2 Å². The number of hydrogen-bond donors (Lipinski definition) is 1. The first kappa shape index (κ1) is 14.7. The summed E-state index contributed by atoms with van der Waals surface area (Å²) < 4.78 is 10.8. The summed E-state index contributed by atoms with van der Waals surface area (Å²) in [6, 6.07) is 5.90. The van der Waals surface area contributed by atoms with E-state index in [0.717, 1.165) is 49.5 Å². The molecule has 0 radical (unpaired) electrons. The van der Waals surface area contributed by atoms with Gasteiger partial charge in [-0.05, 0) is 32.0 Å². The van der Waals surface area contributed by atoms with E-state index >= 15 is 0 Å². The summed E-state index contributed by atoms with van der Waals surface area (Å²) in [4.78, 5) is 13.5. The lowest BCUT2D eigenvalue weighted by molar-refractivity contribution is -0.123. The highest BCUT2D eigenvalue weighted by Gasteiger charge is 2.23. The molecule has 1 saturated heterocycles. The Bertz CT molecular complexity index is 468. The maximum absolute atomic E-state index is 11.2. The quantitative estimate of drug-likeness (QED) is 0.884. The van der Waals surface area contributed by atoms with Gasteiger partial charge in [0.05, 0.1) is 14.2 Å². The normalized spacial score (nSPS) is 16.9. The third kappa shape index (κ3) is 3.22. The summed E-state index contributed by atoms with van der Waals surface area (Å²) in [5, 5.41) is 0. The van der Waals surface area contributed by atoms with Gasteiger partial charge in [0.25, 0.3) is 0 Å². The number of primary amides is 1. The van der Waals surface area contributed by atoms with Gasteiger partial charge in [-0.2, -0.15) is 0 Å². The number of carbonyl (C=O) groups is 1. The lowest BCUT2D eigenvalue weighted by atomic mass is 9.96. The molecule has 2 N–H and O–H groups in total. The first-order valence-electron chi connectivity index (χ1n) is 6.87. The number of piperidine rings is 1. The molecule has 5 nitrogen and oxygen atoms in total. The van der Waals surface area contributed by atoms with Crippen LogP contribution in [0.3, 0.4) is 0 Å². The number of likely N-dealkylation sites (tertiary alicyclic amines) is 1. The smallest absolute Gasteiger partial charge is 0.220 e. The fourth-order valence-electron chi connectivity index (χ4n) is 2.69. The number of nitrogens with zero attached hydrogens (tertiary/aromatic N) is 1. The fourth-order valence-corrected chi connectivity index (χ4v) is 2.69. The van der Waals surface area contributed by atoms with E-state index < -0.39 is 0 Å². The van der Waals surface area contributed by atoms with E-state index in [1.165, 1.54) is 0 Å². The molecule has 0 spiro atoms. The van der Waals surface area contributed by atoms with Crippen LogP contribution in [0.4, 0.5) is 0 Å². The first-order chi connectivity index (χ1) is 9.65. The van der Waals surface area contributed by atoms with Crippen LogP contribution in [0.2, 0.25) is 0 Å². The Morgan fingerprint density at radius 1 is 1.30 bits per heavy atom. The molecule has 0 bridgehead atoms. The van der Waals surface area contributed by atoms with Crippen LogP contribution in [0.25, 0.3) is 0 Å². The molecule has 20 heavy (non-hydrogen) atoms. The highest BCUT2D eigenvalue weighted by atomic mass is 16.5. The van der Waals surface area contributed by atoms with E-state index in [-0.39, 0.29) is 11.8 Å². The molecule has 1 heterocycles. The van der Waals surface area contributed by atoms with Crippen molar-refractivity contribution in [3.05, 3.63) is 23.8 Å². The molecule has 0 aromatic heterocycles. The van der Waals surface area contributed by atoms with Gasteiger partial charge in [0.2, 0.25) is 5.91 Å². The molecule has 110 valence electrons. The van der Waals surface area contributed by atoms with Crippen molar-refractivity contribution < 1.29 is 14.3 Å². The second-order valence-corrected chi connectivity index (χ2v) is 5.11. The van der Waals surface area contributed by atoms with Crippen LogP contribution in [0.5, 0.6) is 11.5 Å². The van der Waals surface area contributed by atoms with Gasteiger partial charge in [-0.1, -0.05) is 12.1 Å². The molecular formula is C15H22N2O3. The van der Waals surface area contributed by atoms with E-state index in [1.54, 1.807) is 14.2 Å². The summed E-state index contributed by atoms with van der Waals surface area (Å²) >= 11 is 0. The van der Waals surface area contributed by atoms with E-state index in [9.17, 15) is 4.79 Å². The topological polar surface area (TPSA) is 64.8 Å². The number of ether oxygens (including phenoxy) is 2. The minimum atomic E-state index is -0.177. The van der Waals surface area contributed by atoms with Crippen molar-refractivity contribution >= 4 is 5.91 Å². The zero-order valence-electron chi connectivity index (χ0n) is 12.1. The molecule has 5 heteroatoms. The summed E-state index contributed by atoms with van der Waals surface area (Å²) in [6.45, 7) is 2.56. The Hall–Kier alpha value is -1.75. The van der Waals surface area contributed by atoms with Crippen LogP contribution in [-0.2, 0) is 11.3 Å². The lowest BCUT2D eigenvalue weighted by Gasteiger charge is -2.30. The van der Waals surface area contributed by atoms with Crippen LogP contribution in [0.15, 0.2) is 18.2 Å². The molecule has 1 aromatic rings. The average Bonchev–Trinajstić information content (AvgIpc) is 2.47. The predicted molar refractivity (Wildman–Crippen MR) is 76.7 cm³/mol. The summed E-state index contributed by atoms with van der Waals surface area (Å²) in [7, 11) is 3.29. The largest absolute Gasteiger partial charge is 0.493 e. The van der Waals surface area contributed by atoms with Gasteiger partial charge < -0.3 is 15.2 Å². The molecular weight excluding hydrogens is 256 g/mol. The van der Waals surface area contributed by atoms with Crippen molar-refractivity contribution in [3.63, 3.8) is 0 Å². The van der Waals surface area contributed by atoms with Crippen LogP contribution in [-0.4, -0.2) is 38.1 Å². The monoisotopic (exact) mass is 278 g/mol. The number of hydrogen-bond acceptors (Lipinski definition) is 4. The maximum Gasteiger partial charge on any atom is 0.220 e. The molecule has 0 atom stereocenters. The number of rotatable bonds is 5. The Morgan fingerprint density at radius 3 is 2.55 bits per heavy atom. The number of amides is 1. The van der Waals surface area contributed by atoms with Crippen molar-refractivity contribution in [2.75, 3.05) is 27.3 Å². The predicted octanol–water partition coefficient (Wildman–Crippen LogP) is 1.40. The highest BCUT2D eigenvalue weighted by molar-refractivity contribution is 5.76. The number of carbonyl (C=O) groups excluding carboxylic acids is 1. The third-order valence-electron chi connectivity index (χ3n) is 3.87. The van der Waals surface area contributed by atoms with Crippen molar-refractivity contribution in [1.29, 1.82) is 0 Å². The van der Waals surface area contributed by atoms with Crippen molar-refractivity contribution in [2.24, 2.45) is 11.7 Å². The molecule has 1 aliphatic rings. The van der Waals surface area contributed by atoms with Gasteiger partial charge in [0.15, 0.2) is 11.5 Å². The van der Waals surface area contributed by atoms with Crippen molar-refractivity contribution in [1.82, 2.24) is 4.90 Å². The molecule has 1 amide bonds. The van der Waals surface area contributed by atoms with Crippen LogP contribution in [0, 0.1) is 5.92 Å². The summed E-state index contributed by atoms with van der Waals surface area (Å²) in [5.74, 6) is 1.38. The number of para-hydroxylation sites is 1. The van der Waals surface area contributed by atoms with Crippen LogP contribution >= 0.6 is 0 Å². The summed E-state index contributed by atoms with van der Waals surface area (Å²) in [5.41, 5.74) is 6.46. The molecule has 2 rings (SSSR count). The van der Waals surface area contributed by atoms with Gasteiger partial charge in [-0.3, -0.25) is 9.69 Å². The number of benzene rings is 1. The zero-order chi connectivity index (χ0) is 14.5. The second-order valence-electron chi connectivity index (χ2n) is 5.11. The van der Waals surface area contributed by atoms with Gasteiger partial charge in [-0.15, -0.1) is 0 Å². The molecule has 0 saturated carbocycles. The SMILES string of the molecule is COc1cccc(CN2CCC(C(N)=O)CC2)c1OC. The molecule has 1 aliphatic heterocycles. The van der Waals surface area contributed by atoms with Gasteiger partial charge >= 0.3 is 0 Å². The van der Waals surface area contributed by atoms with Crippen LogP contribution < -0.4 is 15.2 Å². The fraction of sp³-hybridized carbons (Fsp3) is 0.533. The standard InChI is InChI=1S/C15H22N2O3/c1-19-13-5-3-4-12(14(13)20-2)10-17-8-6-11(7-9-17)15(16)18/h3-5,11H,6-10H2,1-2H3,(H2,16,18). The van der Waals surface area contributed by atoms with E-state index in [4.69, 9.17) is 15.2 Å². The minimum absolute atomic E-state index is 0.0263. The molecule has 1 fully saturated rings. The number of methoxy groups -OCH3 is 2. The highest BCUT2D eigenvalue weighted by Crippen LogP contribution is 2.32. The second kappa shape index (κ2) is 6.61. The van der Waals surface area contributed by atoms with Crippen LogP contribution in [0.1, 0.15) is 18.4 Å². The third-order valence-corrected chi connectivity index (χ3v) is 3.87. The summed E-state index contributed by atoms with van der Waals surface area (Å²) in [6.07, 6.45) is 1.67. The molecule has 1 aromatic carbocycles. The van der Waals surface area contributed by atoms with Gasteiger partial charge in [-0.25, -0.2) is 0 Å².